The number of carbonyl (C=O) groups is 1. The molecule has 8 nitrogen and oxygen atoms in total. The Bertz CT molecular complexity index is 1090. The summed E-state index contributed by atoms with van der Waals surface area (Å²) >= 11 is 1.16. The van der Waals surface area contributed by atoms with Crippen molar-refractivity contribution in [1.29, 1.82) is 0 Å². The third kappa shape index (κ3) is 2.78. The van der Waals surface area contributed by atoms with Gasteiger partial charge in [-0.05, 0) is 24.1 Å². The third-order valence-electron chi connectivity index (χ3n) is 4.02. The molecule has 1 aromatic carbocycles. The molecule has 26 heavy (non-hydrogen) atoms. The van der Waals surface area contributed by atoms with Crippen molar-refractivity contribution in [2.45, 2.75) is 13.5 Å². The van der Waals surface area contributed by atoms with E-state index in [1.165, 1.54) is 12.7 Å². The Balaban J connectivity index is 1.69. The maximum atomic E-state index is 11.4. The Morgan fingerprint density at radius 3 is 2.88 bits per heavy atom. The minimum absolute atomic E-state index is 0.284. The number of nitrogens with zero attached hydrogens (tertiary/aromatic N) is 5. The van der Waals surface area contributed by atoms with Crippen LogP contribution in [0.3, 0.4) is 0 Å². The van der Waals surface area contributed by atoms with E-state index in [1.54, 1.807) is 17.9 Å². The standard InChI is InChI=1S/C17H14N6O2S/c1-10-13-15(20-8-21-16(13)26-14(10)17(24)25)19-6-11-4-2-3-5-12(11)23-9-18-7-22-23/h2-5,7-9H,6H2,1H3,(H,24,25)(H,19,20,21). The van der Waals surface area contributed by atoms with Gasteiger partial charge in [-0.1, -0.05) is 18.2 Å². The maximum absolute atomic E-state index is 11.4. The summed E-state index contributed by atoms with van der Waals surface area (Å²) in [5, 5.41) is 17.6. The molecule has 0 saturated carbocycles. The lowest BCUT2D eigenvalue weighted by molar-refractivity contribution is 0.0701. The highest BCUT2D eigenvalue weighted by Gasteiger charge is 2.18. The number of aromatic carboxylic acids is 1. The Morgan fingerprint density at radius 2 is 2.12 bits per heavy atom. The van der Waals surface area contributed by atoms with E-state index in [4.69, 9.17) is 0 Å². The average Bonchev–Trinajstić information content (AvgIpc) is 3.29. The molecule has 130 valence electrons. The molecule has 9 heteroatoms. The largest absolute Gasteiger partial charge is 0.477 e. The Hall–Kier alpha value is -3.33. The zero-order valence-electron chi connectivity index (χ0n) is 13.7. The van der Waals surface area contributed by atoms with E-state index < -0.39 is 5.97 Å². The molecule has 0 aliphatic carbocycles. The lowest BCUT2D eigenvalue weighted by Gasteiger charge is -2.11. The molecule has 0 radical (unpaired) electrons. The van der Waals surface area contributed by atoms with Gasteiger partial charge < -0.3 is 10.4 Å². The van der Waals surface area contributed by atoms with Crippen LogP contribution in [0.1, 0.15) is 20.8 Å². The quantitative estimate of drug-likeness (QED) is 0.559. The van der Waals surface area contributed by atoms with Crippen molar-refractivity contribution in [2.75, 3.05) is 5.32 Å². The summed E-state index contributed by atoms with van der Waals surface area (Å²) in [6.07, 6.45) is 4.57. The second kappa shape index (κ2) is 6.52. The number of carboxylic acid groups (broad SMARTS) is 1. The second-order valence-corrected chi connectivity index (χ2v) is 6.59. The van der Waals surface area contributed by atoms with Crippen LogP contribution < -0.4 is 5.32 Å². The van der Waals surface area contributed by atoms with Crippen molar-refractivity contribution in [2.24, 2.45) is 0 Å². The third-order valence-corrected chi connectivity index (χ3v) is 5.21. The number of hydrogen-bond acceptors (Lipinski definition) is 7. The van der Waals surface area contributed by atoms with Gasteiger partial charge in [-0.25, -0.2) is 24.4 Å². The first kappa shape index (κ1) is 16.2. The van der Waals surface area contributed by atoms with Gasteiger partial charge in [0.05, 0.1) is 11.1 Å². The summed E-state index contributed by atoms with van der Waals surface area (Å²) in [6, 6.07) is 7.84. The van der Waals surface area contributed by atoms with Gasteiger partial charge in [-0.2, -0.15) is 5.10 Å². The molecule has 0 aliphatic rings. The van der Waals surface area contributed by atoms with Gasteiger partial charge in [-0.3, -0.25) is 0 Å². The molecule has 3 heterocycles. The summed E-state index contributed by atoms with van der Waals surface area (Å²) in [6.45, 7) is 2.28. The number of fused-ring (bicyclic) bond motifs is 1. The first-order valence-electron chi connectivity index (χ1n) is 7.79. The topological polar surface area (TPSA) is 106 Å². The van der Waals surface area contributed by atoms with E-state index in [1.807, 2.05) is 24.3 Å². The van der Waals surface area contributed by atoms with E-state index in [2.05, 4.69) is 25.4 Å². The van der Waals surface area contributed by atoms with E-state index in [-0.39, 0.29) is 4.88 Å². The van der Waals surface area contributed by atoms with Crippen molar-refractivity contribution < 1.29 is 9.90 Å². The molecule has 4 aromatic rings. The number of aromatic nitrogens is 5. The number of hydrogen-bond donors (Lipinski definition) is 2. The fraction of sp³-hybridized carbons (Fsp3) is 0.118. The average molecular weight is 366 g/mol. The predicted molar refractivity (Wildman–Crippen MR) is 97.8 cm³/mol. The highest BCUT2D eigenvalue weighted by molar-refractivity contribution is 7.20. The molecular weight excluding hydrogens is 352 g/mol. The number of carboxylic acids is 1. The monoisotopic (exact) mass is 366 g/mol. The van der Waals surface area contributed by atoms with Crippen LogP contribution in [0.5, 0.6) is 0 Å². The molecule has 4 rings (SSSR count). The number of nitrogens with one attached hydrogen (secondary N) is 1. The Kier molecular flexibility index (Phi) is 4.05. The summed E-state index contributed by atoms with van der Waals surface area (Å²) in [7, 11) is 0. The van der Waals surface area contributed by atoms with Crippen molar-refractivity contribution >= 4 is 33.3 Å². The lowest BCUT2D eigenvalue weighted by atomic mass is 10.1. The molecule has 0 aliphatic heterocycles. The lowest BCUT2D eigenvalue weighted by Crippen LogP contribution is -2.07. The van der Waals surface area contributed by atoms with Crippen molar-refractivity contribution in [3.8, 4) is 5.69 Å². The number of aryl methyl sites for hydroxylation is 1. The van der Waals surface area contributed by atoms with E-state index >= 15 is 0 Å². The molecule has 0 amide bonds. The Morgan fingerprint density at radius 1 is 1.27 bits per heavy atom. The highest BCUT2D eigenvalue weighted by atomic mass is 32.1. The van der Waals surface area contributed by atoms with Crippen LogP contribution in [-0.4, -0.2) is 35.8 Å². The number of benzene rings is 1. The van der Waals surface area contributed by atoms with Gasteiger partial charge in [0.1, 0.15) is 34.5 Å². The minimum atomic E-state index is -0.951. The smallest absolute Gasteiger partial charge is 0.346 e. The van der Waals surface area contributed by atoms with Gasteiger partial charge >= 0.3 is 5.97 Å². The van der Waals surface area contributed by atoms with Crippen LogP contribution in [0.15, 0.2) is 43.2 Å². The van der Waals surface area contributed by atoms with Gasteiger partial charge in [0.15, 0.2) is 0 Å². The van der Waals surface area contributed by atoms with Crippen LogP contribution in [0.2, 0.25) is 0 Å². The highest BCUT2D eigenvalue weighted by Crippen LogP contribution is 2.33. The van der Waals surface area contributed by atoms with Gasteiger partial charge in [0.25, 0.3) is 0 Å². The maximum Gasteiger partial charge on any atom is 0.346 e. The second-order valence-electron chi connectivity index (χ2n) is 5.59. The van der Waals surface area contributed by atoms with E-state index in [9.17, 15) is 9.90 Å². The van der Waals surface area contributed by atoms with Crippen LogP contribution in [-0.2, 0) is 6.54 Å². The molecule has 0 bridgehead atoms. The van der Waals surface area contributed by atoms with E-state index in [0.717, 1.165) is 28.0 Å². The van der Waals surface area contributed by atoms with Gasteiger partial charge in [0, 0.05) is 6.54 Å². The van der Waals surface area contributed by atoms with E-state index in [0.29, 0.717) is 22.8 Å². The zero-order chi connectivity index (χ0) is 18.1. The first-order chi connectivity index (χ1) is 12.6. The van der Waals surface area contributed by atoms with Crippen LogP contribution in [0, 0.1) is 6.92 Å². The number of para-hydroxylation sites is 1. The molecule has 3 aromatic heterocycles. The predicted octanol–water partition coefficient (Wildman–Crippen LogP) is 2.89. The van der Waals surface area contributed by atoms with Crippen molar-refractivity contribution in [3.05, 3.63) is 59.3 Å². The van der Waals surface area contributed by atoms with Gasteiger partial charge in [0.2, 0.25) is 0 Å². The summed E-state index contributed by atoms with van der Waals surface area (Å²) in [4.78, 5) is 24.8. The molecule has 0 fully saturated rings. The SMILES string of the molecule is Cc1c(C(=O)O)sc2ncnc(NCc3ccccc3-n3cncn3)c12. The number of anilines is 1. The first-order valence-corrected chi connectivity index (χ1v) is 8.61. The van der Waals surface area contributed by atoms with Crippen LogP contribution in [0.4, 0.5) is 5.82 Å². The minimum Gasteiger partial charge on any atom is -0.477 e. The summed E-state index contributed by atoms with van der Waals surface area (Å²) in [5.41, 5.74) is 2.59. The van der Waals surface area contributed by atoms with Crippen LogP contribution in [0.25, 0.3) is 15.9 Å². The molecule has 2 N–H and O–H groups in total. The molecule has 0 saturated heterocycles. The van der Waals surface area contributed by atoms with Crippen molar-refractivity contribution in [1.82, 2.24) is 24.7 Å². The zero-order valence-corrected chi connectivity index (χ0v) is 14.6. The van der Waals surface area contributed by atoms with Gasteiger partial charge in [-0.15, -0.1) is 11.3 Å². The fourth-order valence-electron chi connectivity index (χ4n) is 2.81. The molecule has 0 atom stereocenters. The normalized spacial score (nSPS) is 11.0. The molecule has 0 spiro atoms. The fourth-order valence-corrected chi connectivity index (χ4v) is 3.79. The summed E-state index contributed by atoms with van der Waals surface area (Å²) in [5.74, 6) is -0.336. The Labute approximate surface area is 152 Å². The molecule has 0 unspecified atom stereocenters. The summed E-state index contributed by atoms with van der Waals surface area (Å²) < 4.78 is 1.70. The number of rotatable bonds is 5. The van der Waals surface area contributed by atoms with Crippen molar-refractivity contribution in [3.63, 3.8) is 0 Å². The van der Waals surface area contributed by atoms with Crippen LogP contribution >= 0.6 is 11.3 Å². The number of thiophene rings is 1. The molecular formula is C17H14N6O2S.